The van der Waals surface area contributed by atoms with Crippen LogP contribution in [0.4, 0.5) is 11.4 Å². The third-order valence-corrected chi connectivity index (χ3v) is 9.11. The van der Waals surface area contributed by atoms with E-state index in [4.69, 9.17) is 25.8 Å². The molecule has 2 atom stereocenters. The minimum absolute atomic E-state index is 0.225. The summed E-state index contributed by atoms with van der Waals surface area (Å²) in [5, 5.41) is 4.08. The summed E-state index contributed by atoms with van der Waals surface area (Å²) in [5.41, 5.74) is 7.58. The zero-order valence-electron chi connectivity index (χ0n) is 25.8. The van der Waals surface area contributed by atoms with E-state index < -0.39 is 0 Å². The fourth-order valence-corrected chi connectivity index (χ4v) is 6.92. The predicted molar refractivity (Wildman–Crippen MR) is 174 cm³/mol. The Kier molecular flexibility index (Phi) is 10.4. The monoisotopic (exact) mass is 605 g/mol. The van der Waals surface area contributed by atoms with Crippen LogP contribution in [0.3, 0.4) is 0 Å². The molecule has 6 rings (SSSR count). The molecule has 7 nitrogen and oxygen atoms in total. The van der Waals surface area contributed by atoms with Crippen molar-refractivity contribution < 1.29 is 19.0 Å². The maximum atomic E-state index is 11.4. The van der Waals surface area contributed by atoms with Crippen molar-refractivity contribution in [3.8, 4) is 17.2 Å². The number of anilines is 2. The molecule has 2 saturated heterocycles. The number of nitrogens with one attached hydrogen (secondary N) is 1. The van der Waals surface area contributed by atoms with Crippen LogP contribution in [0.25, 0.3) is 0 Å². The number of methoxy groups -OCH3 is 1. The maximum absolute atomic E-state index is 11.4. The minimum atomic E-state index is 0.225. The zero-order valence-corrected chi connectivity index (χ0v) is 26.6. The highest BCUT2D eigenvalue weighted by atomic mass is 35.5. The Morgan fingerprint density at radius 2 is 1.70 bits per heavy atom. The summed E-state index contributed by atoms with van der Waals surface area (Å²) in [6.07, 6.45) is 6.55. The lowest BCUT2D eigenvalue weighted by Gasteiger charge is -2.23. The van der Waals surface area contributed by atoms with Crippen LogP contribution in [0.1, 0.15) is 67.3 Å². The smallest absolute Gasteiger partial charge is 0.231 e. The normalized spacial score (nSPS) is 19.2. The summed E-state index contributed by atoms with van der Waals surface area (Å²) in [6.45, 7) is 8.08. The zero-order chi connectivity index (χ0) is 30.3. The van der Waals surface area contributed by atoms with Gasteiger partial charge in [-0.15, -0.1) is 0 Å². The van der Waals surface area contributed by atoms with Gasteiger partial charge in [-0.2, -0.15) is 0 Å². The molecule has 0 spiro atoms. The van der Waals surface area contributed by atoms with Crippen LogP contribution in [0.2, 0.25) is 5.02 Å². The number of nitrogens with zero attached hydrogens (tertiary/aromatic N) is 2. The average molecular weight is 606 g/mol. The second-order valence-electron chi connectivity index (χ2n) is 11.4. The standard InChI is InChI=1S/C24H28N2O4.C11H16ClN/c1-28-22-13-18(14-23-24(22)30-16-29-23)19-12-21(26(15-19)10-11-27)17-4-6-20(7-5-17)25-8-2-3-9-25;1-4-8-6-10(12)7-9(5-2)11(8)13-3/h4-7,11,13-14,19,21H,2-3,8-10,12,15-16H2,1H3;6-7,13H,4-5H2,1-3H3/t19-,21-;/m1./s1. The molecule has 0 aliphatic carbocycles. The van der Waals surface area contributed by atoms with Crippen molar-refractivity contribution in [3.05, 3.63) is 75.8 Å². The van der Waals surface area contributed by atoms with Crippen molar-refractivity contribution in [2.75, 3.05) is 57.3 Å². The van der Waals surface area contributed by atoms with E-state index in [9.17, 15) is 4.79 Å². The van der Waals surface area contributed by atoms with Gasteiger partial charge in [0.25, 0.3) is 0 Å². The van der Waals surface area contributed by atoms with Crippen molar-refractivity contribution in [1.29, 1.82) is 0 Å². The molecule has 0 bridgehead atoms. The van der Waals surface area contributed by atoms with E-state index in [-0.39, 0.29) is 12.8 Å². The number of aryl methyl sites for hydroxylation is 2. The first-order valence-corrected chi connectivity index (χ1v) is 15.9. The highest BCUT2D eigenvalue weighted by molar-refractivity contribution is 6.30. The first kappa shape index (κ1) is 31.0. The summed E-state index contributed by atoms with van der Waals surface area (Å²) in [7, 11) is 3.61. The van der Waals surface area contributed by atoms with E-state index in [1.54, 1.807) is 7.11 Å². The molecule has 0 unspecified atom stereocenters. The molecule has 2 fully saturated rings. The number of rotatable bonds is 9. The van der Waals surface area contributed by atoms with Gasteiger partial charge >= 0.3 is 0 Å². The van der Waals surface area contributed by atoms with E-state index >= 15 is 0 Å². The van der Waals surface area contributed by atoms with Crippen molar-refractivity contribution in [2.24, 2.45) is 0 Å². The van der Waals surface area contributed by atoms with Crippen LogP contribution in [-0.2, 0) is 17.6 Å². The van der Waals surface area contributed by atoms with Crippen LogP contribution >= 0.6 is 11.6 Å². The quantitative estimate of drug-likeness (QED) is 0.258. The summed E-state index contributed by atoms with van der Waals surface area (Å²) >= 11 is 6.01. The van der Waals surface area contributed by atoms with Crippen LogP contribution in [0.5, 0.6) is 17.2 Å². The van der Waals surface area contributed by atoms with E-state index in [2.05, 4.69) is 65.4 Å². The molecule has 0 radical (unpaired) electrons. The minimum Gasteiger partial charge on any atom is -0.493 e. The molecular formula is C35H44ClN3O4. The first-order chi connectivity index (χ1) is 21.0. The summed E-state index contributed by atoms with van der Waals surface area (Å²) in [4.78, 5) is 16.1. The molecule has 8 heteroatoms. The van der Waals surface area contributed by atoms with Gasteiger partial charge in [0.05, 0.1) is 13.7 Å². The number of fused-ring (bicyclic) bond motifs is 1. The first-order valence-electron chi connectivity index (χ1n) is 15.5. The van der Waals surface area contributed by atoms with Crippen LogP contribution < -0.4 is 24.4 Å². The van der Waals surface area contributed by atoms with Gasteiger partial charge in [-0.3, -0.25) is 4.90 Å². The molecule has 3 aliphatic heterocycles. The van der Waals surface area contributed by atoms with Gasteiger partial charge in [-0.1, -0.05) is 37.6 Å². The number of halogens is 1. The van der Waals surface area contributed by atoms with Gasteiger partial charge in [0.1, 0.15) is 6.29 Å². The molecule has 0 aromatic heterocycles. The molecule has 3 heterocycles. The molecule has 0 amide bonds. The number of aldehydes is 1. The number of hydrogen-bond donors (Lipinski definition) is 1. The van der Waals surface area contributed by atoms with Crippen molar-refractivity contribution in [1.82, 2.24) is 4.90 Å². The Labute approximate surface area is 261 Å². The van der Waals surface area contributed by atoms with E-state index in [0.717, 1.165) is 56.0 Å². The largest absolute Gasteiger partial charge is 0.493 e. The van der Waals surface area contributed by atoms with Crippen LogP contribution in [-0.4, -0.2) is 58.3 Å². The number of hydrogen-bond acceptors (Lipinski definition) is 7. The number of ether oxygens (including phenoxy) is 3. The second-order valence-corrected chi connectivity index (χ2v) is 11.8. The van der Waals surface area contributed by atoms with Crippen molar-refractivity contribution in [3.63, 3.8) is 0 Å². The molecule has 1 N–H and O–H groups in total. The SMILES string of the molecule is CCc1cc(Cl)cc(CC)c1NC.COc1cc([C@@H]2C[C@H](c3ccc(N4CCCC4)cc3)N(CC=O)C2)cc2c1OCO2. The lowest BCUT2D eigenvalue weighted by atomic mass is 9.93. The Morgan fingerprint density at radius 1 is 1.00 bits per heavy atom. The van der Waals surface area contributed by atoms with Gasteiger partial charge in [0.2, 0.25) is 12.5 Å². The Balaban J connectivity index is 0.000000239. The van der Waals surface area contributed by atoms with Gasteiger partial charge in [0, 0.05) is 49.1 Å². The van der Waals surface area contributed by atoms with Gasteiger partial charge in [-0.25, -0.2) is 0 Å². The number of carbonyl (C=O) groups excluding carboxylic acids is 1. The van der Waals surface area contributed by atoms with Gasteiger partial charge in [-0.05, 0) is 96.7 Å². The molecular weight excluding hydrogens is 562 g/mol. The third kappa shape index (κ3) is 6.89. The molecule has 230 valence electrons. The van der Waals surface area contributed by atoms with E-state index in [1.807, 2.05) is 19.2 Å². The number of likely N-dealkylation sites (tertiary alicyclic amines) is 1. The van der Waals surface area contributed by atoms with Crippen LogP contribution in [0, 0.1) is 0 Å². The van der Waals surface area contributed by atoms with Crippen molar-refractivity contribution in [2.45, 2.75) is 57.9 Å². The fourth-order valence-electron chi connectivity index (χ4n) is 6.66. The summed E-state index contributed by atoms with van der Waals surface area (Å²) in [5.74, 6) is 2.43. The average Bonchev–Trinajstić information content (AvgIpc) is 3.82. The van der Waals surface area contributed by atoms with E-state index in [0.29, 0.717) is 24.0 Å². The third-order valence-electron chi connectivity index (χ3n) is 8.89. The van der Waals surface area contributed by atoms with Crippen molar-refractivity contribution >= 4 is 29.3 Å². The van der Waals surface area contributed by atoms with Crippen LogP contribution in [0.15, 0.2) is 48.5 Å². The Morgan fingerprint density at radius 3 is 2.30 bits per heavy atom. The fraction of sp³-hybridized carbons (Fsp3) is 0.457. The topological polar surface area (TPSA) is 63.3 Å². The molecule has 43 heavy (non-hydrogen) atoms. The molecule has 3 aromatic rings. The Hall–Kier alpha value is -3.42. The molecule has 3 aromatic carbocycles. The predicted octanol–water partition coefficient (Wildman–Crippen LogP) is 7.26. The second kappa shape index (κ2) is 14.4. The Bertz CT molecular complexity index is 1370. The molecule has 3 aliphatic rings. The molecule has 0 saturated carbocycles. The highest BCUT2D eigenvalue weighted by Crippen LogP contribution is 2.47. The summed E-state index contributed by atoms with van der Waals surface area (Å²) in [6, 6.07) is 17.3. The van der Waals surface area contributed by atoms with Gasteiger partial charge in [0.15, 0.2) is 11.5 Å². The lowest BCUT2D eigenvalue weighted by Crippen LogP contribution is -2.26. The lowest BCUT2D eigenvalue weighted by molar-refractivity contribution is -0.109. The maximum Gasteiger partial charge on any atom is 0.231 e. The van der Waals surface area contributed by atoms with Gasteiger partial charge < -0.3 is 29.2 Å². The number of carbonyl (C=O) groups is 1. The van der Waals surface area contributed by atoms with E-state index in [1.165, 1.54) is 46.5 Å². The number of benzene rings is 3. The highest BCUT2D eigenvalue weighted by Gasteiger charge is 2.35. The summed E-state index contributed by atoms with van der Waals surface area (Å²) < 4.78 is 16.7.